The van der Waals surface area contributed by atoms with Crippen LogP contribution in [0, 0.1) is 6.92 Å². The average molecular weight is 385 g/mol. The van der Waals surface area contributed by atoms with Crippen LogP contribution < -0.4 is 0 Å². The number of hydrogen-bond donors (Lipinski definition) is 0. The molecular weight excluding hydrogens is 360 g/mol. The van der Waals surface area contributed by atoms with E-state index in [-0.39, 0.29) is 0 Å². The van der Waals surface area contributed by atoms with Crippen molar-refractivity contribution >= 4 is 11.6 Å². The van der Waals surface area contributed by atoms with Crippen LogP contribution in [0.25, 0.3) is 11.5 Å². The molecule has 0 N–H and O–H groups in total. The van der Waals surface area contributed by atoms with E-state index in [4.69, 9.17) is 21.0 Å². The summed E-state index contributed by atoms with van der Waals surface area (Å²) >= 11 is 6.31. The van der Waals surface area contributed by atoms with E-state index < -0.39 is 0 Å². The molecule has 1 atom stereocenters. The third-order valence-corrected chi connectivity index (χ3v) is 5.71. The summed E-state index contributed by atoms with van der Waals surface area (Å²) in [7, 11) is 0. The molecule has 0 radical (unpaired) electrons. The van der Waals surface area contributed by atoms with E-state index >= 15 is 0 Å². The number of aryl methyl sites for hydroxylation is 2. The smallest absolute Gasteiger partial charge is 0.228 e. The van der Waals surface area contributed by atoms with Crippen molar-refractivity contribution in [3.8, 4) is 11.5 Å². The van der Waals surface area contributed by atoms with E-state index in [1.54, 1.807) is 0 Å². The second-order valence-electron chi connectivity index (χ2n) is 7.21. The van der Waals surface area contributed by atoms with Crippen LogP contribution in [0.15, 0.2) is 47.4 Å². The minimum absolute atomic E-state index is 0.570. The van der Waals surface area contributed by atoms with Gasteiger partial charge in [0.15, 0.2) is 0 Å². The van der Waals surface area contributed by atoms with Crippen molar-refractivity contribution < 1.29 is 4.42 Å². The number of likely N-dealkylation sites (tertiary alicyclic amines) is 1. The molecule has 0 bridgehead atoms. The maximum atomic E-state index is 6.31. The van der Waals surface area contributed by atoms with Crippen molar-refractivity contribution in [2.75, 3.05) is 6.54 Å². The molecule has 6 heteroatoms. The molecule has 3 aromatic rings. The third-order valence-electron chi connectivity index (χ3n) is 5.38. The molecule has 0 saturated carbocycles. The lowest BCUT2D eigenvalue weighted by molar-refractivity contribution is 0.126. The first-order valence-corrected chi connectivity index (χ1v) is 9.99. The Morgan fingerprint density at radius 1 is 1.26 bits per heavy atom. The lowest BCUT2D eigenvalue weighted by Gasteiger charge is -2.35. The molecule has 3 heterocycles. The highest BCUT2D eigenvalue weighted by molar-refractivity contribution is 6.33. The first-order valence-electron chi connectivity index (χ1n) is 9.61. The zero-order valence-electron chi connectivity index (χ0n) is 15.6. The summed E-state index contributed by atoms with van der Waals surface area (Å²) in [6.07, 6.45) is 10.7. The van der Waals surface area contributed by atoms with E-state index in [9.17, 15) is 0 Å². The molecule has 1 saturated heterocycles. The summed E-state index contributed by atoms with van der Waals surface area (Å²) in [5.74, 6) is 1.49. The van der Waals surface area contributed by atoms with E-state index in [1.807, 2.05) is 49.9 Å². The SMILES string of the molecule is Cc1oc(-c2ccccc2Cl)nc1CN1CCCCC1CCn1ccnc1. The third kappa shape index (κ3) is 4.25. The Kier molecular flexibility index (Phi) is 5.60. The van der Waals surface area contributed by atoms with Crippen molar-refractivity contribution in [3.05, 3.63) is 59.5 Å². The second kappa shape index (κ2) is 8.28. The minimum Gasteiger partial charge on any atom is -0.441 e. The number of piperidine rings is 1. The molecule has 1 unspecified atom stereocenters. The number of nitrogens with zero attached hydrogens (tertiary/aromatic N) is 4. The molecular formula is C21H25ClN4O. The summed E-state index contributed by atoms with van der Waals surface area (Å²) in [5, 5.41) is 0.668. The molecule has 142 valence electrons. The maximum Gasteiger partial charge on any atom is 0.228 e. The largest absolute Gasteiger partial charge is 0.441 e. The summed E-state index contributed by atoms with van der Waals surface area (Å²) in [5.41, 5.74) is 1.86. The molecule has 4 rings (SSSR count). The molecule has 0 spiro atoms. The highest BCUT2D eigenvalue weighted by atomic mass is 35.5. The molecule has 1 aliphatic rings. The fourth-order valence-electron chi connectivity index (χ4n) is 3.83. The molecule has 0 aliphatic carbocycles. The van der Waals surface area contributed by atoms with E-state index in [1.165, 1.54) is 19.3 Å². The van der Waals surface area contributed by atoms with Gasteiger partial charge in [-0.15, -0.1) is 0 Å². The standard InChI is InChI=1S/C21H25ClN4O/c1-16-20(24-21(27-16)18-7-2-3-8-19(18)22)14-26-11-5-4-6-17(26)9-12-25-13-10-23-15-25/h2-3,7-8,10,13,15,17H,4-6,9,11-12,14H2,1H3. The monoisotopic (exact) mass is 384 g/mol. The number of halogens is 1. The van der Waals surface area contributed by atoms with Crippen LogP contribution in [-0.2, 0) is 13.1 Å². The van der Waals surface area contributed by atoms with Gasteiger partial charge < -0.3 is 8.98 Å². The quantitative estimate of drug-likeness (QED) is 0.603. The van der Waals surface area contributed by atoms with Crippen LogP contribution in [0.2, 0.25) is 5.02 Å². The van der Waals surface area contributed by atoms with Gasteiger partial charge in [0.05, 0.1) is 22.6 Å². The number of oxazole rings is 1. The van der Waals surface area contributed by atoms with Gasteiger partial charge in [0.25, 0.3) is 0 Å². The van der Waals surface area contributed by atoms with Gasteiger partial charge in [-0.05, 0) is 44.9 Å². The van der Waals surface area contributed by atoms with Crippen LogP contribution >= 0.6 is 11.6 Å². The zero-order chi connectivity index (χ0) is 18.6. The fourth-order valence-corrected chi connectivity index (χ4v) is 4.05. The Hall–Kier alpha value is -2.11. The summed E-state index contributed by atoms with van der Waals surface area (Å²) in [6.45, 7) is 4.94. The normalized spacial score (nSPS) is 18.1. The molecule has 1 aromatic carbocycles. The number of hydrogen-bond acceptors (Lipinski definition) is 4. The average Bonchev–Trinajstić information content (AvgIpc) is 3.32. The molecule has 27 heavy (non-hydrogen) atoms. The van der Waals surface area contributed by atoms with Gasteiger partial charge in [0, 0.05) is 31.5 Å². The Morgan fingerprint density at radius 2 is 2.15 bits per heavy atom. The van der Waals surface area contributed by atoms with Gasteiger partial charge in [-0.2, -0.15) is 0 Å². The van der Waals surface area contributed by atoms with E-state index in [2.05, 4.69) is 14.5 Å². The Balaban J connectivity index is 1.47. The van der Waals surface area contributed by atoms with Crippen LogP contribution in [0.4, 0.5) is 0 Å². The summed E-state index contributed by atoms with van der Waals surface area (Å²) in [4.78, 5) is 11.5. The number of imidazole rings is 1. The Bertz CT molecular complexity index is 874. The second-order valence-corrected chi connectivity index (χ2v) is 7.62. The lowest BCUT2D eigenvalue weighted by Crippen LogP contribution is -2.39. The van der Waals surface area contributed by atoms with Gasteiger partial charge >= 0.3 is 0 Å². The number of benzene rings is 1. The van der Waals surface area contributed by atoms with Crippen molar-refractivity contribution in [2.24, 2.45) is 0 Å². The van der Waals surface area contributed by atoms with Crippen LogP contribution in [0.3, 0.4) is 0 Å². The predicted octanol–water partition coefficient (Wildman–Crippen LogP) is 4.94. The van der Waals surface area contributed by atoms with Crippen LogP contribution in [-0.4, -0.2) is 32.0 Å². The first kappa shape index (κ1) is 18.3. The zero-order valence-corrected chi connectivity index (χ0v) is 16.4. The van der Waals surface area contributed by atoms with Gasteiger partial charge in [-0.3, -0.25) is 4.90 Å². The lowest BCUT2D eigenvalue weighted by atomic mass is 9.99. The summed E-state index contributed by atoms with van der Waals surface area (Å²) < 4.78 is 8.10. The molecule has 5 nitrogen and oxygen atoms in total. The van der Waals surface area contributed by atoms with Crippen molar-refractivity contribution in [1.82, 2.24) is 19.4 Å². The van der Waals surface area contributed by atoms with Gasteiger partial charge in [0.2, 0.25) is 5.89 Å². The highest BCUT2D eigenvalue weighted by Gasteiger charge is 2.24. The fraction of sp³-hybridized carbons (Fsp3) is 0.429. The maximum absolute atomic E-state index is 6.31. The number of aromatic nitrogens is 3. The molecule has 0 amide bonds. The highest BCUT2D eigenvalue weighted by Crippen LogP contribution is 2.30. The van der Waals surface area contributed by atoms with Gasteiger partial charge in [-0.25, -0.2) is 9.97 Å². The predicted molar refractivity (Wildman–Crippen MR) is 107 cm³/mol. The number of rotatable bonds is 6. The summed E-state index contributed by atoms with van der Waals surface area (Å²) in [6, 6.07) is 8.26. The van der Waals surface area contributed by atoms with Crippen LogP contribution in [0.1, 0.15) is 37.1 Å². The van der Waals surface area contributed by atoms with Crippen molar-refractivity contribution in [3.63, 3.8) is 0 Å². The van der Waals surface area contributed by atoms with E-state index in [0.717, 1.165) is 43.1 Å². The van der Waals surface area contributed by atoms with Crippen molar-refractivity contribution in [1.29, 1.82) is 0 Å². The van der Waals surface area contributed by atoms with Gasteiger partial charge in [0.1, 0.15) is 5.76 Å². The van der Waals surface area contributed by atoms with Crippen molar-refractivity contribution in [2.45, 2.75) is 51.7 Å². The molecule has 2 aromatic heterocycles. The Labute approximate surface area is 165 Å². The Morgan fingerprint density at radius 3 is 2.96 bits per heavy atom. The van der Waals surface area contributed by atoms with E-state index in [0.29, 0.717) is 17.0 Å². The van der Waals surface area contributed by atoms with Crippen LogP contribution in [0.5, 0.6) is 0 Å². The molecule has 1 fully saturated rings. The topological polar surface area (TPSA) is 47.1 Å². The molecule has 1 aliphatic heterocycles. The van der Waals surface area contributed by atoms with Gasteiger partial charge in [-0.1, -0.05) is 30.2 Å². The minimum atomic E-state index is 0.570. The first-order chi connectivity index (χ1) is 13.2.